The van der Waals surface area contributed by atoms with E-state index in [1.807, 2.05) is 30.3 Å². The minimum Gasteiger partial charge on any atom is -0.383 e. The highest BCUT2D eigenvalue weighted by atomic mass is 19.1. The Labute approximate surface area is 207 Å². The minimum absolute atomic E-state index is 0.0928. The van der Waals surface area contributed by atoms with Gasteiger partial charge in [0.25, 0.3) is 5.56 Å². The van der Waals surface area contributed by atoms with E-state index in [4.69, 9.17) is 5.73 Å². The number of nitrogens with one attached hydrogen (secondary N) is 2. The predicted octanol–water partition coefficient (Wildman–Crippen LogP) is 1.08. The van der Waals surface area contributed by atoms with Crippen LogP contribution in [0.1, 0.15) is 24.1 Å². The van der Waals surface area contributed by atoms with E-state index in [9.17, 15) is 23.6 Å². The Bertz CT molecular complexity index is 1340. The Morgan fingerprint density at radius 3 is 2.33 bits per heavy atom. The number of aromatic nitrogens is 2. The Hall–Kier alpha value is -4.25. The van der Waals surface area contributed by atoms with Crippen LogP contribution < -0.4 is 27.2 Å². The molecule has 0 saturated carbocycles. The molecule has 1 heterocycles. The van der Waals surface area contributed by atoms with Crippen molar-refractivity contribution in [3.8, 4) is 0 Å². The van der Waals surface area contributed by atoms with E-state index in [1.165, 1.54) is 28.6 Å². The molecule has 11 heteroatoms. The van der Waals surface area contributed by atoms with Gasteiger partial charge in [-0.15, -0.1) is 0 Å². The van der Waals surface area contributed by atoms with Gasteiger partial charge in [-0.3, -0.25) is 28.8 Å². The largest absolute Gasteiger partial charge is 0.383 e. The van der Waals surface area contributed by atoms with Crippen LogP contribution in [0.2, 0.25) is 0 Å². The van der Waals surface area contributed by atoms with Crippen molar-refractivity contribution in [2.24, 2.45) is 0 Å². The molecule has 0 bridgehead atoms. The molecular formula is C25H29FN6O4. The number of rotatable bonds is 9. The quantitative estimate of drug-likeness (QED) is 0.406. The van der Waals surface area contributed by atoms with Crippen LogP contribution in [-0.4, -0.2) is 53.5 Å². The number of amides is 2. The molecule has 0 unspecified atom stereocenters. The van der Waals surface area contributed by atoms with E-state index in [0.29, 0.717) is 0 Å². The molecule has 0 aliphatic carbocycles. The van der Waals surface area contributed by atoms with Gasteiger partial charge < -0.3 is 16.0 Å². The fourth-order valence-electron chi connectivity index (χ4n) is 3.71. The van der Waals surface area contributed by atoms with Crippen LogP contribution in [0.25, 0.3) is 0 Å². The average molecular weight is 497 g/mol. The van der Waals surface area contributed by atoms with Gasteiger partial charge in [0, 0.05) is 7.05 Å². The standard InChI is InChI=1S/C25H29FN6O4/c1-16(18-9-11-19(26)12-10-18)28-20(33)14-30(2)15-21(34)31(3)22-23(27)32(25(36)29-24(22)35)13-17-7-5-4-6-8-17/h4-12,16H,13-15,27H2,1-3H3,(H,28,33)(H,29,35,36)/t16-/m1/s1. The summed E-state index contributed by atoms with van der Waals surface area (Å²) < 4.78 is 14.3. The molecule has 0 spiro atoms. The second-order valence-electron chi connectivity index (χ2n) is 8.53. The van der Waals surface area contributed by atoms with Gasteiger partial charge in [0.1, 0.15) is 11.6 Å². The van der Waals surface area contributed by atoms with Gasteiger partial charge >= 0.3 is 5.69 Å². The molecule has 2 amide bonds. The number of carbonyl (C=O) groups excluding carboxylic acids is 2. The summed E-state index contributed by atoms with van der Waals surface area (Å²) in [5.41, 5.74) is 6.05. The van der Waals surface area contributed by atoms with Crippen LogP contribution in [-0.2, 0) is 16.1 Å². The Morgan fingerprint density at radius 2 is 1.69 bits per heavy atom. The molecule has 4 N–H and O–H groups in total. The highest BCUT2D eigenvalue weighted by Crippen LogP contribution is 2.17. The zero-order valence-corrected chi connectivity index (χ0v) is 20.3. The number of benzene rings is 2. The second-order valence-corrected chi connectivity index (χ2v) is 8.53. The van der Waals surface area contributed by atoms with Crippen molar-refractivity contribution in [3.63, 3.8) is 0 Å². The lowest BCUT2D eigenvalue weighted by molar-refractivity contribution is -0.124. The van der Waals surface area contributed by atoms with Crippen molar-refractivity contribution >= 4 is 23.3 Å². The lowest BCUT2D eigenvalue weighted by atomic mass is 10.1. The number of hydrogen-bond donors (Lipinski definition) is 3. The van der Waals surface area contributed by atoms with E-state index in [0.717, 1.165) is 16.0 Å². The number of anilines is 2. The summed E-state index contributed by atoms with van der Waals surface area (Å²) in [6, 6.07) is 14.5. The molecule has 3 aromatic rings. The summed E-state index contributed by atoms with van der Waals surface area (Å²) >= 11 is 0. The molecule has 0 saturated heterocycles. The fraction of sp³-hybridized carbons (Fsp3) is 0.280. The number of halogens is 1. The van der Waals surface area contributed by atoms with Crippen LogP contribution in [0.4, 0.5) is 15.9 Å². The SMILES string of the molecule is C[C@@H](NC(=O)CN(C)CC(=O)N(C)c1c(N)n(Cc2ccccc2)c(=O)[nH]c1=O)c1ccc(F)cc1. The van der Waals surface area contributed by atoms with Gasteiger partial charge in [-0.2, -0.15) is 0 Å². The van der Waals surface area contributed by atoms with Gasteiger partial charge in [-0.05, 0) is 37.2 Å². The maximum Gasteiger partial charge on any atom is 0.330 e. The van der Waals surface area contributed by atoms with Crippen molar-refractivity contribution in [1.29, 1.82) is 0 Å². The number of aromatic amines is 1. The van der Waals surface area contributed by atoms with Gasteiger partial charge in [-0.25, -0.2) is 9.18 Å². The molecule has 2 aromatic carbocycles. The molecular weight excluding hydrogens is 467 g/mol. The fourth-order valence-corrected chi connectivity index (χ4v) is 3.71. The summed E-state index contributed by atoms with van der Waals surface area (Å²) in [7, 11) is 2.96. The number of nitrogen functional groups attached to an aromatic ring is 1. The van der Waals surface area contributed by atoms with Gasteiger partial charge in [0.2, 0.25) is 11.8 Å². The number of nitrogens with zero attached hydrogens (tertiary/aromatic N) is 3. The molecule has 0 radical (unpaired) electrons. The van der Waals surface area contributed by atoms with E-state index in [-0.39, 0.29) is 48.9 Å². The zero-order valence-electron chi connectivity index (χ0n) is 20.3. The van der Waals surface area contributed by atoms with Gasteiger partial charge in [0.15, 0.2) is 5.69 Å². The van der Waals surface area contributed by atoms with Crippen molar-refractivity contribution < 1.29 is 14.0 Å². The molecule has 36 heavy (non-hydrogen) atoms. The first-order valence-electron chi connectivity index (χ1n) is 11.2. The number of likely N-dealkylation sites (N-methyl/N-ethyl adjacent to an activating group) is 2. The molecule has 0 fully saturated rings. The second kappa shape index (κ2) is 11.5. The van der Waals surface area contributed by atoms with E-state index < -0.39 is 17.2 Å². The first-order chi connectivity index (χ1) is 17.1. The minimum atomic E-state index is -0.786. The van der Waals surface area contributed by atoms with Crippen LogP contribution in [0, 0.1) is 5.82 Å². The Balaban J connectivity index is 1.66. The molecule has 1 atom stereocenters. The highest BCUT2D eigenvalue weighted by Gasteiger charge is 2.23. The van der Waals surface area contributed by atoms with E-state index in [2.05, 4.69) is 10.3 Å². The zero-order chi connectivity index (χ0) is 26.4. The first kappa shape index (κ1) is 26.4. The molecule has 0 aliphatic heterocycles. The summed E-state index contributed by atoms with van der Waals surface area (Å²) in [6.45, 7) is 1.60. The summed E-state index contributed by atoms with van der Waals surface area (Å²) in [6.07, 6.45) is 0. The van der Waals surface area contributed by atoms with E-state index >= 15 is 0 Å². The maximum atomic E-state index is 13.1. The third-order valence-corrected chi connectivity index (χ3v) is 5.67. The molecule has 1 aromatic heterocycles. The summed E-state index contributed by atoms with van der Waals surface area (Å²) in [5, 5.41) is 2.79. The smallest absolute Gasteiger partial charge is 0.330 e. The maximum absolute atomic E-state index is 13.1. The van der Waals surface area contributed by atoms with E-state index in [1.54, 1.807) is 26.1 Å². The molecule has 3 rings (SSSR count). The van der Waals surface area contributed by atoms with Crippen LogP contribution in [0.3, 0.4) is 0 Å². The molecule has 190 valence electrons. The number of H-pyrrole nitrogens is 1. The average Bonchev–Trinajstić information content (AvgIpc) is 2.82. The summed E-state index contributed by atoms with van der Waals surface area (Å²) in [5.74, 6) is -1.34. The monoisotopic (exact) mass is 496 g/mol. The number of hydrogen-bond acceptors (Lipinski definition) is 6. The van der Waals surface area contributed by atoms with Crippen molar-refractivity contribution in [1.82, 2.24) is 19.8 Å². The summed E-state index contributed by atoms with van der Waals surface area (Å²) in [4.78, 5) is 55.0. The lowest BCUT2D eigenvalue weighted by Crippen LogP contribution is -2.44. The van der Waals surface area contributed by atoms with Gasteiger partial charge in [0.05, 0.1) is 25.7 Å². The Kier molecular flexibility index (Phi) is 8.38. The van der Waals surface area contributed by atoms with Crippen molar-refractivity contribution in [2.75, 3.05) is 37.8 Å². The van der Waals surface area contributed by atoms with Gasteiger partial charge in [-0.1, -0.05) is 42.5 Å². The first-order valence-corrected chi connectivity index (χ1v) is 11.2. The third-order valence-electron chi connectivity index (χ3n) is 5.67. The normalized spacial score (nSPS) is 11.8. The number of carbonyl (C=O) groups is 2. The number of nitrogens with two attached hydrogens (primary N) is 1. The third kappa shape index (κ3) is 6.45. The Morgan fingerprint density at radius 1 is 1.06 bits per heavy atom. The van der Waals surface area contributed by atoms with Crippen molar-refractivity contribution in [3.05, 3.63) is 92.4 Å². The predicted molar refractivity (Wildman–Crippen MR) is 135 cm³/mol. The van der Waals surface area contributed by atoms with Crippen LogP contribution in [0.5, 0.6) is 0 Å². The van der Waals surface area contributed by atoms with Crippen LogP contribution >= 0.6 is 0 Å². The topological polar surface area (TPSA) is 134 Å². The molecule has 10 nitrogen and oxygen atoms in total. The van der Waals surface area contributed by atoms with Crippen molar-refractivity contribution in [2.45, 2.75) is 19.5 Å². The molecule has 0 aliphatic rings. The highest BCUT2D eigenvalue weighted by molar-refractivity contribution is 5.96. The van der Waals surface area contributed by atoms with Crippen LogP contribution in [0.15, 0.2) is 64.2 Å². The lowest BCUT2D eigenvalue weighted by Gasteiger charge is -2.23.